The van der Waals surface area contributed by atoms with Gasteiger partial charge >= 0.3 is 10.3 Å². The molecule has 2 rings (SSSR count). The Morgan fingerprint density at radius 1 is 1.26 bits per heavy atom. The maximum Gasteiger partial charge on any atom is 0.337 e. The molecule has 0 aliphatic carbocycles. The monoisotopic (exact) mass is 287 g/mol. The van der Waals surface area contributed by atoms with E-state index in [0.29, 0.717) is 0 Å². The predicted octanol–water partition coefficient (Wildman–Crippen LogP) is 1.24. The molecule has 1 aliphatic heterocycles. The van der Waals surface area contributed by atoms with Crippen molar-refractivity contribution >= 4 is 10.3 Å². The molecule has 1 N–H and O–H groups in total. The van der Waals surface area contributed by atoms with Crippen molar-refractivity contribution in [2.24, 2.45) is 0 Å². The molecule has 0 bridgehead atoms. The van der Waals surface area contributed by atoms with Crippen molar-refractivity contribution in [3.63, 3.8) is 0 Å². The number of hydrogen-bond acceptors (Lipinski definition) is 5. The lowest BCUT2D eigenvalue weighted by Gasteiger charge is -2.19. The Hall–Kier alpha value is -0.990. The minimum atomic E-state index is -3.84. The third kappa shape index (κ3) is 3.31. The summed E-state index contributed by atoms with van der Waals surface area (Å²) in [6, 6.07) is 7.60. The molecule has 1 aromatic carbocycles. The molecule has 1 saturated heterocycles. The zero-order chi connectivity index (χ0) is 14.0. The topological polar surface area (TPSA) is 73.9 Å². The summed E-state index contributed by atoms with van der Waals surface area (Å²) >= 11 is 0. The number of aryl methyl sites for hydroxylation is 1. The minimum Gasteiger partial charge on any atom is -0.341 e. The normalized spacial score (nSPS) is 27.6. The van der Waals surface area contributed by atoms with Gasteiger partial charge in [0, 0.05) is 0 Å². The lowest BCUT2D eigenvalue weighted by Crippen LogP contribution is -2.38. The van der Waals surface area contributed by atoms with Crippen LogP contribution < -0.4 is 4.72 Å². The van der Waals surface area contributed by atoms with Crippen molar-refractivity contribution in [3.05, 3.63) is 35.4 Å². The highest BCUT2D eigenvalue weighted by molar-refractivity contribution is 7.84. The number of nitrogens with one attached hydrogen (secondary N) is 1. The number of hydrogen-bond donors (Lipinski definition) is 1. The van der Waals surface area contributed by atoms with Gasteiger partial charge < -0.3 is 9.47 Å². The van der Waals surface area contributed by atoms with Crippen molar-refractivity contribution in [1.29, 1.82) is 0 Å². The number of benzene rings is 1. The molecule has 1 aliphatic rings. The first-order valence-electron chi connectivity index (χ1n) is 5.87. The van der Waals surface area contributed by atoms with Crippen LogP contribution in [0.4, 0.5) is 0 Å². The highest BCUT2D eigenvalue weighted by Gasteiger charge is 2.38. The number of rotatable bonds is 4. The Labute approximate surface area is 112 Å². The third-order valence-electron chi connectivity index (χ3n) is 2.93. The summed E-state index contributed by atoms with van der Waals surface area (Å²) in [5.74, 6) is 0. The lowest BCUT2D eigenvalue weighted by molar-refractivity contribution is -0.0523. The molecular formula is C12H17NO5S. The first-order valence-corrected chi connectivity index (χ1v) is 7.28. The van der Waals surface area contributed by atoms with Crippen LogP contribution >= 0.6 is 0 Å². The third-order valence-corrected chi connectivity index (χ3v) is 3.89. The van der Waals surface area contributed by atoms with Gasteiger partial charge in [0.2, 0.25) is 0 Å². The second-order valence-corrected chi connectivity index (χ2v) is 5.75. The van der Waals surface area contributed by atoms with E-state index >= 15 is 0 Å². The van der Waals surface area contributed by atoms with Crippen molar-refractivity contribution in [3.8, 4) is 0 Å². The SMILES string of the molecule is COS(=O)(=O)N[C@@H]1OC(C)O[C@@H]1c1ccccc1C. The average Bonchev–Trinajstić information content (AvgIpc) is 2.70. The van der Waals surface area contributed by atoms with E-state index in [4.69, 9.17) is 9.47 Å². The highest BCUT2D eigenvalue weighted by Crippen LogP contribution is 2.33. The predicted molar refractivity (Wildman–Crippen MR) is 68.4 cm³/mol. The van der Waals surface area contributed by atoms with Gasteiger partial charge in [-0.1, -0.05) is 24.3 Å². The van der Waals surface area contributed by atoms with E-state index < -0.39 is 28.9 Å². The molecule has 0 aromatic heterocycles. The summed E-state index contributed by atoms with van der Waals surface area (Å²) in [4.78, 5) is 0. The van der Waals surface area contributed by atoms with E-state index in [2.05, 4.69) is 8.91 Å². The maximum absolute atomic E-state index is 11.5. The Morgan fingerprint density at radius 2 is 1.95 bits per heavy atom. The van der Waals surface area contributed by atoms with E-state index in [1.165, 1.54) is 0 Å². The van der Waals surface area contributed by atoms with E-state index in [-0.39, 0.29) is 0 Å². The van der Waals surface area contributed by atoms with Gasteiger partial charge in [0.15, 0.2) is 12.5 Å². The van der Waals surface area contributed by atoms with E-state index in [9.17, 15) is 8.42 Å². The van der Waals surface area contributed by atoms with Gasteiger partial charge in [0.05, 0.1) is 7.11 Å². The van der Waals surface area contributed by atoms with Crippen molar-refractivity contribution < 1.29 is 22.1 Å². The fourth-order valence-electron chi connectivity index (χ4n) is 2.01. The van der Waals surface area contributed by atoms with Gasteiger partial charge in [0.1, 0.15) is 6.10 Å². The summed E-state index contributed by atoms with van der Waals surface area (Å²) in [7, 11) is -2.75. The van der Waals surface area contributed by atoms with Gasteiger partial charge in [-0.2, -0.15) is 13.1 Å². The molecule has 19 heavy (non-hydrogen) atoms. The Kier molecular flexibility index (Phi) is 4.22. The Morgan fingerprint density at radius 3 is 2.58 bits per heavy atom. The summed E-state index contributed by atoms with van der Waals surface area (Å²) in [5.41, 5.74) is 1.89. The molecule has 0 radical (unpaired) electrons. The van der Waals surface area contributed by atoms with Crippen LogP contribution in [-0.2, 0) is 24.0 Å². The maximum atomic E-state index is 11.5. The fraction of sp³-hybridized carbons (Fsp3) is 0.500. The van der Waals surface area contributed by atoms with Crippen molar-refractivity contribution in [2.75, 3.05) is 7.11 Å². The van der Waals surface area contributed by atoms with Crippen LogP contribution in [0.15, 0.2) is 24.3 Å². The minimum absolute atomic E-state index is 0.492. The first kappa shape index (κ1) is 14.4. The smallest absolute Gasteiger partial charge is 0.337 e. The Balaban J connectivity index is 2.26. The lowest BCUT2D eigenvalue weighted by atomic mass is 10.0. The molecule has 6 nitrogen and oxygen atoms in total. The molecule has 7 heteroatoms. The molecule has 106 valence electrons. The molecule has 1 heterocycles. The van der Waals surface area contributed by atoms with E-state index in [1.807, 2.05) is 31.2 Å². The average molecular weight is 287 g/mol. The van der Waals surface area contributed by atoms with Crippen LogP contribution in [0.25, 0.3) is 0 Å². The largest absolute Gasteiger partial charge is 0.341 e. The summed E-state index contributed by atoms with van der Waals surface area (Å²) in [6.07, 6.45) is -1.80. The molecule has 0 spiro atoms. The van der Waals surface area contributed by atoms with Gasteiger partial charge in [-0.3, -0.25) is 4.18 Å². The summed E-state index contributed by atoms with van der Waals surface area (Å²) in [5, 5.41) is 0. The van der Waals surface area contributed by atoms with E-state index in [0.717, 1.165) is 18.2 Å². The van der Waals surface area contributed by atoms with Crippen LogP contribution in [0.2, 0.25) is 0 Å². The molecular weight excluding hydrogens is 270 g/mol. The Bertz CT molecular complexity index is 545. The molecule has 3 atom stereocenters. The zero-order valence-electron chi connectivity index (χ0n) is 11.0. The van der Waals surface area contributed by atoms with E-state index in [1.54, 1.807) is 6.92 Å². The van der Waals surface area contributed by atoms with Crippen LogP contribution in [0.3, 0.4) is 0 Å². The van der Waals surface area contributed by atoms with Gasteiger partial charge in [-0.05, 0) is 25.0 Å². The van der Waals surface area contributed by atoms with Crippen LogP contribution in [0.1, 0.15) is 24.2 Å². The number of ether oxygens (including phenoxy) is 2. The van der Waals surface area contributed by atoms with Gasteiger partial charge in [0.25, 0.3) is 0 Å². The zero-order valence-corrected chi connectivity index (χ0v) is 11.8. The van der Waals surface area contributed by atoms with Crippen LogP contribution in [0.5, 0.6) is 0 Å². The molecule has 0 amide bonds. The highest BCUT2D eigenvalue weighted by atomic mass is 32.2. The fourth-order valence-corrected chi connectivity index (χ4v) is 2.57. The molecule has 1 unspecified atom stereocenters. The van der Waals surface area contributed by atoms with Gasteiger partial charge in [-0.25, -0.2) is 0 Å². The standard InChI is InChI=1S/C12H17NO5S/c1-8-6-4-5-7-10(8)11-12(18-9(2)17-11)13-19(14,15)16-3/h4-7,9,11-13H,1-3H3/t9?,11-,12-/m1/s1. The molecule has 0 saturated carbocycles. The van der Waals surface area contributed by atoms with Crippen LogP contribution in [-0.4, -0.2) is 28.0 Å². The van der Waals surface area contributed by atoms with Gasteiger partial charge in [-0.15, -0.1) is 0 Å². The quantitative estimate of drug-likeness (QED) is 0.901. The first-order chi connectivity index (χ1) is 8.93. The molecule has 1 fully saturated rings. The van der Waals surface area contributed by atoms with Crippen molar-refractivity contribution in [2.45, 2.75) is 32.5 Å². The second-order valence-electron chi connectivity index (χ2n) is 4.28. The van der Waals surface area contributed by atoms with Crippen molar-refractivity contribution in [1.82, 2.24) is 4.72 Å². The van der Waals surface area contributed by atoms with Crippen LogP contribution in [0, 0.1) is 6.92 Å². The molecule has 1 aromatic rings. The summed E-state index contributed by atoms with van der Waals surface area (Å²) < 4.78 is 40.7. The summed E-state index contributed by atoms with van der Waals surface area (Å²) in [6.45, 7) is 3.65. The second kappa shape index (κ2) is 5.56.